The van der Waals surface area contributed by atoms with Crippen LogP contribution < -0.4 is 5.73 Å². The molecule has 0 amide bonds. The summed E-state index contributed by atoms with van der Waals surface area (Å²) in [4.78, 5) is 11.1. The van der Waals surface area contributed by atoms with Crippen molar-refractivity contribution in [2.24, 2.45) is 5.73 Å². The van der Waals surface area contributed by atoms with Crippen LogP contribution in [0.3, 0.4) is 0 Å². The van der Waals surface area contributed by atoms with Crippen molar-refractivity contribution < 1.29 is 27.4 Å². The van der Waals surface area contributed by atoms with Crippen molar-refractivity contribution in [3.05, 3.63) is 0 Å². The number of hydrogen-bond donors (Lipinski definition) is 1. The summed E-state index contributed by atoms with van der Waals surface area (Å²) in [6, 6.07) is -0.673. The van der Waals surface area contributed by atoms with Gasteiger partial charge in [0, 0.05) is 5.75 Å². The lowest BCUT2D eigenvalue weighted by Gasteiger charge is -2.10. The van der Waals surface area contributed by atoms with Crippen LogP contribution in [0.15, 0.2) is 0 Å². The predicted octanol–water partition coefficient (Wildman–Crippen LogP) is 1.58. The van der Waals surface area contributed by atoms with Gasteiger partial charge in [-0.3, -0.25) is 4.79 Å². The zero-order valence-corrected chi connectivity index (χ0v) is 11.0. The average Bonchev–Trinajstić information content (AvgIpc) is 2.26. The first-order valence-corrected chi connectivity index (χ1v) is 6.66. The normalized spacial score (nSPS) is 13.4. The van der Waals surface area contributed by atoms with Crippen molar-refractivity contribution in [2.45, 2.75) is 25.6 Å². The molecule has 0 aromatic carbocycles. The lowest BCUT2D eigenvalue weighted by atomic mass is 10.2. The maximum Gasteiger partial charge on any atom is 0.411 e. The second-order valence-electron chi connectivity index (χ2n) is 3.43. The number of thioether (sulfide) groups is 1. The molecule has 8 heteroatoms. The van der Waals surface area contributed by atoms with E-state index < -0.39 is 24.8 Å². The van der Waals surface area contributed by atoms with E-state index in [1.165, 1.54) is 11.8 Å². The third-order valence-electron chi connectivity index (χ3n) is 1.80. The Bertz CT molecular complexity index is 239. The van der Waals surface area contributed by atoms with Crippen LogP contribution in [0.4, 0.5) is 13.2 Å². The SMILES string of the molecule is CCOC(=O)C(N)CCSCCOCC(F)(F)F. The molecular formula is C10H18F3NO3S. The molecule has 1 atom stereocenters. The first kappa shape index (κ1) is 17.5. The largest absolute Gasteiger partial charge is 0.465 e. The second-order valence-corrected chi connectivity index (χ2v) is 4.65. The van der Waals surface area contributed by atoms with E-state index in [1.807, 2.05) is 0 Å². The molecule has 0 bridgehead atoms. The van der Waals surface area contributed by atoms with Crippen molar-refractivity contribution >= 4 is 17.7 Å². The summed E-state index contributed by atoms with van der Waals surface area (Å²) in [5, 5.41) is 0. The minimum atomic E-state index is -4.28. The Morgan fingerprint density at radius 1 is 1.39 bits per heavy atom. The van der Waals surface area contributed by atoms with Crippen molar-refractivity contribution in [1.82, 2.24) is 0 Å². The van der Waals surface area contributed by atoms with E-state index in [4.69, 9.17) is 10.5 Å². The van der Waals surface area contributed by atoms with Gasteiger partial charge in [-0.15, -0.1) is 0 Å². The van der Waals surface area contributed by atoms with E-state index in [0.717, 1.165) is 0 Å². The molecule has 0 rings (SSSR count). The third-order valence-corrected chi connectivity index (χ3v) is 2.78. The number of hydrogen-bond acceptors (Lipinski definition) is 5. The fraction of sp³-hybridized carbons (Fsp3) is 0.900. The Morgan fingerprint density at radius 3 is 2.61 bits per heavy atom. The van der Waals surface area contributed by atoms with Gasteiger partial charge in [-0.2, -0.15) is 24.9 Å². The minimum absolute atomic E-state index is 0.0266. The summed E-state index contributed by atoms with van der Waals surface area (Å²) >= 11 is 1.39. The molecule has 1 unspecified atom stereocenters. The van der Waals surface area contributed by atoms with E-state index in [-0.39, 0.29) is 13.2 Å². The van der Waals surface area contributed by atoms with Crippen LogP contribution in [-0.4, -0.2) is 49.5 Å². The van der Waals surface area contributed by atoms with Gasteiger partial charge in [-0.05, 0) is 19.1 Å². The summed E-state index contributed by atoms with van der Waals surface area (Å²) in [5.41, 5.74) is 5.53. The molecule has 108 valence electrons. The van der Waals surface area contributed by atoms with Crippen LogP contribution in [0.2, 0.25) is 0 Å². The molecule has 0 saturated heterocycles. The monoisotopic (exact) mass is 289 g/mol. The van der Waals surface area contributed by atoms with Gasteiger partial charge in [0.1, 0.15) is 12.6 Å². The topological polar surface area (TPSA) is 61.5 Å². The molecule has 0 aromatic rings. The Hall–Kier alpha value is -0.470. The molecule has 2 N–H and O–H groups in total. The standard InChI is InChI=1S/C10H18F3NO3S/c1-2-17-9(15)8(14)3-5-18-6-4-16-7-10(11,12)13/h8H,2-7,14H2,1H3. The maximum atomic E-state index is 11.7. The summed E-state index contributed by atoms with van der Waals surface area (Å²) in [7, 11) is 0. The quantitative estimate of drug-likeness (QED) is 0.516. The van der Waals surface area contributed by atoms with Crippen molar-refractivity contribution in [1.29, 1.82) is 0 Å². The second kappa shape index (κ2) is 9.46. The highest BCUT2D eigenvalue weighted by atomic mass is 32.2. The summed E-state index contributed by atoms with van der Waals surface area (Å²) < 4.78 is 44.2. The molecule has 0 aromatic heterocycles. The van der Waals surface area contributed by atoms with Crippen molar-refractivity contribution in [2.75, 3.05) is 31.3 Å². The van der Waals surface area contributed by atoms with Crippen LogP contribution in [0, 0.1) is 0 Å². The number of nitrogens with two attached hydrogens (primary N) is 1. The van der Waals surface area contributed by atoms with Gasteiger partial charge < -0.3 is 15.2 Å². The van der Waals surface area contributed by atoms with Crippen LogP contribution in [0.5, 0.6) is 0 Å². The lowest BCUT2D eigenvalue weighted by molar-refractivity contribution is -0.172. The minimum Gasteiger partial charge on any atom is -0.465 e. The fourth-order valence-corrected chi connectivity index (χ4v) is 1.85. The Balaban J connectivity index is 3.38. The van der Waals surface area contributed by atoms with Gasteiger partial charge in [0.2, 0.25) is 0 Å². The van der Waals surface area contributed by atoms with Crippen LogP contribution in [0.1, 0.15) is 13.3 Å². The van der Waals surface area contributed by atoms with Gasteiger partial charge in [0.25, 0.3) is 0 Å². The van der Waals surface area contributed by atoms with Crippen LogP contribution >= 0.6 is 11.8 Å². The van der Waals surface area contributed by atoms with E-state index in [0.29, 0.717) is 17.9 Å². The van der Waals surface area contributed by atoms with E-state index >= 15 is 0 Å². The number of carbonyl (C=O) groups excluding carboxylic acids is 1. The molecule has 0 saturated carbocycles. The molecule has 0 radical (unpaired) electrons. The van der Waals surface area contributed by atoms with Gasteiger partial charge in [-0.1, -0.05) is 0 Å². The number of esters is 1. The highest BCUT2D eigenvalue weighted by molar-refractivity contribution is 7.99. The Labute approximate surface area is 108 Å². The highest BCUT2D eigenvalue weighted by Gasteiger charge is 2.27. The number of carbonyl (C=O) groups is 1. The summed E-state index contributed by atoms with van der Waals surface area (Å²) in [6.45, 7) is 0.775. The molecule has 0 heterocycles. The average molecular weight is 289 g/mol. The van der Waals surface area contributed by atoms with Crippen molar-refractivity contribution in [3.8, 4) is 0 Å². The molecule has 0 aliphatic heterocycles. The number of ether oxygens (including phenoxy) is 2. The highest BCUT2D eigenvalue weighted by Crippen LogP contribution is 2.14. The fourth-order valence-electron chi connectivity index (χ4n) is 0.985. The zero-order valence-electron chi connectivity index (χ0n) is 10.2. The van der Waals surface area contributed by atoms with E-state index in [2.05, 4.69) is 4.74 Å². The molecule has 0 spiro atoms. The molecule has 0 aliphatic carbocycles. The van der Waals surface area contributed by atoms with E-state index in [1.54, 1.807) is 6.92 Å². The smallest absolute Gasteiger partial charge is 0.411 e. The lowest BCUT2D eigenvalue weighted by Crippen LogP contribution is -2.32. The van der Waals surface area contributed by atoms with Crippen LogP contribution in [0.25, 0.3) is 0 Å². The Morgan fingerprint density at radius 2 is 2.06 bits per heavy atom. The first-order valence-electron chi connectivity index (χ1n) is 5.51. The van der Waals surface area contributed by atoms with Gasteiger partial charge >= 0.3 is 12.1 Å². The number of alkyl halides is 3. The molecular weight excluding hydrogens is 271 g/mol. The van der Waals surface area contributed by atoms with E-state index in [9.17, 15) is 18.0 Å². The molecule has 18 heavy (non-hydrogen) atoms. The first-order chi connectivity index (χ1) is 8.37. The van der Waals surface area contributed by atoms with Crippen molar-refractivity contribution in [3.63, 3.8) is 0 Å². The molecule has 0 fully saturated rings. The summed E-state index contributed by atoms with van der Waals surface area (Å²) in [6.07, 6.45) is -3.85. The van der Waals surface area contributed by atoms with Gasteiger partial charge in [-0.25, -0.2) is 0 Å². The third kappa shape index (κ3) is 10.7. The zero-order chi connectivity index (χ0) is 14.0. The number of rotatable bonds is 9. The predicted molar refractivity (Wildman–Crippen MR) is 63.4 cm³/mol. The van der Waals surface area contributed by atoms with Gasteiger partial charge in [0.15, 0.2) is 0 Å². The van der Waals surface area contributed by atoms with Crippen LogP contribution in [-0.2, 0) is 14.3 Å². The summed E-state index contributed by atoms with van der Waals surface area (Å²) in [5.74, 6) is 0.562. The van der Waals surface area contributed by atoms with Gasteiger partial charge in [0.05, 0.1) is 13.2 Å². The molecule has 0 aliphatic rings. The maximum absolute atomic E-state index is 11.7. The number of halogens is 3. The molecule has 4 nitrogen and oxygen atoms in total. The Kier molecular flexibility index (Phi) is 9.21.